The number of hydrogen-bond acceptors (Lipinski definition) is 4. The predicted molar refractivity (Wildman–Crippen MR) is 120 cm³/mol. The van der Waals surface area contributed by atoms with E-state index in [2.05, 4.69) is 59.2 Å². The lowest BCUT2D eigenvalue weighted by atomic mass is 10.2. The highest BCUT2D eigenvalue weighted by atomic mass is 28.4. The molecular weight excluding hydrogens is 376 g/mol. The number of rotatable bonds is 12. The topological polar surface area (TPSA) is 36.9 Å². The molecule has 0 fully saturated rings. The maximum atomic E-state index is 6.44. The van der Waals surface area contributed by atoms with Gasteiger partial charge in [-0.2, -0.15) is 0 Å². The van der Waals surface area contributed by atoms with E-state index in [1.54, 1.807) is 0 Å². The van der Waals surface area contributed by atoms with Crippen LogP contribution in [0.5, 0.6) is 0 Å². The smallest absolute Gasteiger partial charge is 0.417 e. The van der Waals surface area contributed by atoms with Gasteiger partial charge in [0.15, 0.2) is 8.32 Å². The van der Waals surface area contributed by atoms with Gasteiger partial charge in [-0.25, -0.2) is 0 Å². The second-order valence-electron chi connectivity index (χ2n) is 9.25. The first-order chi connectivity index (χ1) is 11.7. The fraction of sp³-hybridized carbons (Fsp3) is 0.895. The van der Waals surface area contributed by atoms with Crippen molar-refractivity contribution >= 4 is 25.2 Å². The van der Waals surface area contributed by atoms with Crippen LogP contribution in [-0.2, 0) is 17.7 Å². The SMILES string of the molecule is CCO[Si](OCC)(OCC)/C(=C/[Si](C)(C)C)CCO[Si](C)(C)C(C)(C)C. The molecule has 0 unspecified atom stereocenters. The summed E-state index contributed by atoms with van der Waals surface area (Å²) >= 11 is 0. The zero-order valence-electron chi connectivity index (χ0n) is 19.2. The minimum atomic E-state index is -2.85. The minimum Gasteiger partial charge on any atom is -0.417 e. The van der Waals surface area contributed by atoms with E-state index < -0.39 is 25.2 Å². The quantitative estimate of drug-likeness (QED) is 0.374. The van der Waals surface area contributed by atoms with Crippen molar-refractivity contribution in [2.75, 3.05) is 26.4 Å². The van der Waals surface area contributed by atoms with Crippen LogP contribution in [0.1, 0.15) is 48.0 Å². The molecule has 0 bridgehead atoms. The van der Waals surface area contributed by atoms with Gasteiger partial charge in [-0.05, 0) is 50.5 Å². The molecule has 0 saturated carbocycles. The first kappa shape index (κ1) is 26.2. The normalized spacial score (nSPS) is 14.8. The molecule has 0 rings (SSSR count). The Balaban J connectivity index is 5.61. The van der Waals surface area contributed by atoms with Gasteiger partial charge < -0.3 is 17.7 Å². The van der Waals surface area contributed by atoms with E-state index in [1.165, 1.54) is 5.20 Å². The highest BCUT2D eigenvalue weighted by Gasteiger charge is 2.46. The molecule has 0 spiro atoms. The summed E-state index contributed by atoms with van der Waals surface area (Å²) in [5.41, 5.74) is 2.41. The molecule has 0 aliphatic heterocycles. The molecule has 0 aromatic rings. The van der Waals surface area contributed by atoms with Gasteiger partial charge in [0.25, 0.3) is 0 Å². The third-order valence-corrected chi connectivity index (χ3v) is 13.9. The van der Waals surface area contributed by atoms with Crippen LogP contribution < -0.4 is 0 Å². The molecule has 0 aromatic carbocycles. The fourth-order valence-corrected chi connectivity index (χ4v) is 9.04. The van der Waals surface area contributed by atoms with E-state index in [4.69, 9.17) is 17.7 Å². The summed E-state index contributed by atoms with van der Waals surface area (Å²) in [4.78, 5) is 0. The van der Waals surface area contributed by atoms with Gasteiger partial charge in [0.1, 0.15) is 0 Å². The Hall–Kier alpha value is 0.231. The van der Waals surface area contributed by atoms with E-state index in [0.717, 1.165) is 6.42 Å². The van der Waals surface area contributed by atoms with E-state index in [0.29, 0.717) is 26.4 Å². The largest absolute Gasteiger partial charge is 0.532 e. The molecule has 4 nitrogen and oxygen atoms in total. The summed E-state index contributed by atoms with van der Waals surface area (Å²) in [5, 5.41) is 1.42. The second kappa shape index (κ2) is 10.7. The third kappa shape index (κ3) is 8.50. The third-order valence-electron chi connectivity index (χ3n) is 4.64. The van der Waals surface area contributed by atoms with Gasteiger partial charge in [-0.15, -0.1) is 0 Å². The molecule has 0 heterocycles. The van der Waals surface area contributed by atoms with Crippen molar-refractivity contribution in [3.05, 3.63) is 10.9 Å². The van der Waals surface area contributed by atoms with Crippen molar-refractivity contribution in [3.63, 3.8) is 0 Å². The lowest BCUT2D eigenvalue weighted by Crippen LogP contribution is -2.50. The minimum absolute atomic E-state index is 0.212. The van der Waals surface area contributed by atoms with Crippen molar-refractivity contribution in [1.29, 1.82) is 0 Å². The highest BCUT2D eigenvalue weighted by molar-refractivity contribution is 6.83. The summed E-state index contributed by atoms with van der Waals surface area (Å²) in [5.74, 6) is 0. The summed E-state index contributed by atoms with van der Waals surface area (Å²) in [6.07, 6.45) is 0.822. The predicted octanol–water partition coefficient (Wildman–Crippen LogP) is 5.79. The molecule has 0 atom stereocenters. The van der Waals surface area contributed by atoms with Crippen LogP contribution in [0.2, 0.25) is 37.8 Å². The maximum Gasteiger partial charge on any atom is 0.532 e. The van der Waals surface area contributed by atoms with Crippen LogP contribution in [-0.4, -0.2) is 51.6 Å². The summed E-state index contributed by atoms with van der Waals surface area (Å²) < 4.78 is 25.0. The van der Waals surface area contributed by atoms with Crippen LogP contribution in [0.4, 0.5) is 0 Å². The molecule has 0 aliphatic carbocycles. The van der Waals surface area contributed by atoms with Crippen LogP contribution in [0.25, 0.3) is 0 Å². The molecule has 0 amide bonds. The lowest BCUT2D eigenvalue weighted by Gasteiger charge is -2.37. The van der Waals surface area contributed by atoms with E-state index in [-0.39, 0.29) is 5.04 Å². The molecule has 7 heteroatoms. The molecule has 156 valence electrons. The Morgan fingerprint density at radius 1 is 0.769 bits per heavy atom. The zero-order chi connectivity index (χ0) is 20.6. The van der Waals surface area contributed by atoms with Crippen LogP contribution in [0, 0.1) is 0 Å². The van der Waals surface area contributed by atoms with E-state index >= 15 is 0 Å². The van der Waals surface area contributed by atoms with Crippen molar-refractivity contribution in [2.45, 2.75) is 85.7 Å². The Bertz CT molecular complexity index is 420. The van der Waals surface area contributed by atoms with Crippen molar-refractivity contribution in [3.8, 4) is 0 Å². The zero-order valence-corrected chi connectivity index (χ0v) is 22.2. The standard InChI is InChI=1S/C19H44O4Si3/c1-12-20-26(21-13-2,22-14-3)18(17-24(7,8)9)15-16-23-25(10,11)19(4,5)6/h17H,12-16H2,1-11H3/b18-17+. The van der Waals surface area contributed by atoms with Crippen molar-refractivity contribution in [1.82, 2.24) is 0 Å². The van der Waals surface area contributed by atoms with E-state index in [9.17, 15) is 0 Å². The molecule has 0 aliphatic rings. The van der Waals surface area contributed by atoms with Gasteiger partial charge in [0.05, 0.1) is 8.07 Å². The van der Waals surface area contributed by atoms with Crippen LogP contribution in [0.15, 0.2) is 10.9 Å². The van der Waals surface area contributed by atoms with Gasteiger partial charge in [-0.3, -0.25) is 0 Å². The molecular formula is C19H44O4Si3. The molecule has 0 N–H and O–H groups in total. The Morgan fingerprint density at radius 3 is 1.50 bits per heavy atom. The van der Waals surface area contributed by atoms with Gasteiger partial charge in [0, 0.05) is 26.4 Å². The lowest BCUT2D eigenvalue weighted by molar-refractivity contribution is 0.0790. The van der Waals surface area contributed by atoms with Crippen molar-refractivity contribution in [2.24, 2.45) is 0 Å². The monoisotopic (exact) mass is 420 g/mol. The molecule has 0 aromatic heterocycles. The summed E-state index contributed by atoms with van der Waals surface area (Å²) in [7, 11) is -6.07. The van der Waals surface area contributed by atoms with E-state index in [1.807, 2.05) is 20.8 Å². The van der Waals surface area contributed by atoms with Gasteiger partial charge >= 0.3 is 8.80 Å². The van der Waals surface area contributed by atoms with Gasteiger partial charge in [-0.1, -0.05) is 46.1 Å². The summed E-state index contributed by atoms with van der Waals surface area (Å²) in [6.45, 7) is 27.0. The Morgan fingerprint density at radius 2 is 1.19 bits per heavy atom. The Labute approximate surface area is 166 Å². The summed E-state index contributed by atoms with van der Waals surface area (Å²) in [6, 6.07) is 0. The average Bonchev–Trinajstić information content (AvgIpc) is 2.44. The van der Waals surface area contributed by atoms with Crippen molar-refractivity contribution < 1.29 is 17.7 Å². The molecule has 0 saturated heterocycles. The second-order valence-corrected chi connectivity index (χ2v) is 21.7. The van der Waals surface area contributed by atoms with Crippen LogP contribution >= 0.6 is 0 Å². The number of hydrogen-bond donors (Lipinski definition) is 0. The highest BCUT2D eigenvalue weighted by Crippen LogP contribution is 2.37. The average molecular weight is 421 g/mol. The first-order valence-electron chi connectivity index (χ1n) is 10.0. The molecule has 0 radical (unpaired) electrons. The van der Waals surface area contributed by atoms with Gasteiger partial charge in [0.2, 0.25) is 0 Å². The first-order valence-corrected chi connectivity index (χ1v) is 18.2. The molecule has 26 heavy (non-hydrogen) atoms. The maximum absolute atomic E-state index is 6.44. The fourth-order valence-electron chi connectivity index (χ4n) is 2.44. The Kier molecular flexibility index (Phi) is 10.8. The van der Waals surface area contributed by atoms with Crippen LogP contribution in [0.3, 0.4) is 0 Å².